The summed E-state index contributed by atoms with van der Waals surface area (Å²) in [6, 6.07) is 1.70. The van der Waals surface area contributed by atoms with Crippen molar-refractivity contribution in [2.45, 2.75) is 18.8 Å². The third kappa shape index (κ3) is 2.07. The zero-order valence-corrected chi connectivity index (χ0v) is 10.7. The van der Waals surface area contributed by atoms with Crippen molar-refractivity contribution in [2.24, 2.45) is 0 Å². The fourth-order valence-electron chi connectivity index (χ4n) is 2.27. The van der Waals surface area contributed by atoms with Crippen molar-refractivity contribution in [1.29, 1.82) is 0 Å². The second kappa shape index (κ2) is 4.59. The molecule has 0 aliphatic carbocycles. The van der Waals surface area contributed by atoms with Crippen LogP contribution in [0, 0.1) is 17.5 Å². The smallest absolute Gasteiger partial charge is 0.234 e. The monoisotopic (exact) mass is 283 g/mol. The van der Waals surface area contributed by atoms with E-state index in [1.165, 1.54) is 0 Å². The minimum Gasteiger partial charge on any atom is -0.338 e. The van der Waals surface area contributed by atoms with Crippen LogP contribution >= 0.6 is 0 Å². The van der Waals surface area contributed by atoms with Gasteiger partial charge in [-0.15, -0.1) is 0 Å². The molecule has 1 atom stereocenters. The lowest BCUT2D eigenvalue weighted by molar-refractivity contribution is 0.306. The normalized spacial score (nSPS) is 22.4. The fraction of sp³-hybridized carbons (Fsp3) is 0.385. The third-order valence-electron chi connectivity index (χ3n) is 3.55. The number of nitrogens with zero attached hydrogens (tertiary/aromatic N) is 2. The van der Waals surface area contributed by atoms with E-state index < -0.39 is 17.5 Å². The van der Waals surface area contributed by atoms with Crippen molar-refractivity contribution >= 4 is 0 Å². The Morgan fingerprint density at radius 3 is 2.55 bits per heavy atom. The molecule has 1 aliphatic heterocycles. The highest BCUT2D eigenvalue weighted by Crippen LogP contribution is 2.30. The van der Waals surface area contributed by atoms with Crippen molar-refractivity contribution < 1.29 is 17.7 Å². The van der Waals surface area contributed by atoms with Crippen LogP contribution in [-0.2, 0) is 5.41 Å². The van der Waals surface area contributed by atoms with E-state index in [4.69, 9.17) is 4.52 Å². The maximum atomic E-state index is 13.2. The second-order valence-corrected chi connectivity index (χ2v) is 5.16. The highest BCUT2D eigenvalue weighted by Gasteiger charge is 2.36. The minimum absolute atomic E-state index is 0.0472. The molecule has 0 amide bonds. The highest BCUT2D eigenvalue weighted by atomic mass is 19.2. The predicted molar refractivity (Wildman–Crippen MR) is 64.4 cm³/mol. The molecule has 2 aromatic rings. The average Bonchev–Trinajstić information content (AvgIpc) is 3.05. The maximum Gasteiger partial charge on any atom is 0.234 e. The summed E-state index contributed by atoms with van der Waals surface area (Å²) in [6.45, 7) is 3.50. The van der Waals surface area contributed by atoms with Crippen LogP contribution in [0.2, 0.25) is 0 Å². The molecule has 4 nitrogen and oxygen atoms in total. The van der Waals surface area contributed by atoms with Crippen LogP contribution in [0.3, 0.4) is 0 Å². The Morgan fingerprint density at radius 2 is 1.95 bits per heavy atom. The van der Waals surface area contributed by atoms with Crippen LogP contribution in [0.1, 0.15) is 19.2 Å². The fourth-order valence-corrected chi connectivity index (χ4v) is 2.27. The number of benzene rings is 1. The van der Waals surface area contributed by atoms with Crippen LogP contribution in [-0.4, -0.2) is 23.2 Å². The van der Waals surface area contributed by atoms with E-state index in [-0.39, 0.29) is 16.8 Å². The number of halogens is 3. The lowest BCUT2D eigenvalue weighted by Crippen LogP contribution is -2.25. The maximum absolute atomic E-state index is 13.2. The summed E-state index contributed by atoms with van der Waals surface area (Å²) < 4.78 is 44.5. The molecule has 1 aliphatic rings. The van der Waals surface area contributed by atoms with Gasteiger partial charge in [0.05, 0.1) is 5.41 Å². The first-order valence-corrected chi connectivity index (χ1v) is 6.19. The number of aromatic nitrogens is 2. The van der Waals surface area contributed by atoms with E-state index >= 15 is 0 Å². The topological polar surface area (TPSA) is 51.0 Å². The van der Waals surface area contributed by atoms with Gasteiger partial charge in [0, 0.05) is 12.1 Å². The molecule has 1 aromatic heterocycles. The molecule has 1 unspecified atom stereocenters. The van der Waals surface area contributed by atoms with Gasteiger partial charge < -0.3 is 9.84 Å². The Labute approximate surface area is 113 Å². The van der Waals surface area contributed by atoms with Crippen molar-refractivity contribution in [3.63, 3.8) is 0 Å². The lowest BCUT2D eigenvalue weighted by atomic mass is 9.90. The standard InChI is InChI=1S/C13H12F3N3O/c1-13(2-3-17-6-13)12-18-11(19-20-12)7-4-8(14)10(16)9(15)5-7/h4-5,17H,2-3,6H2,1H3. The zero-order chi connectivity index (χ0) is 14.3. The minimum atomic E-state index is -1.51. The largest absolute Gasteiger partial charge is 0.338 e. The van der Waals surface area contributed by atoms with Gasteiger partial charge in [0.25, 0.3) is 0 Å². The summed E-state index contributed by atoms with van der Waals surface area (Å²) in [5, 5.41) is 6.91. The summed E-state index contributed by atoms with van der Waals surface area (Å²) in [4.78, 5) is 4.17. The molecule has 0 radical (unpaired) electrons. The van der Waals surface area contributed by atoms with Gasteiger partial charge in [-0.2, -0.15) is 4.98 Å². The van der Waals surface area contributed by atoms with Gasteiger partial charge in [0.1, 0.15) is 0 Å². The molecule has 0 bridgehead atoms. The highest BCUT2D eigenvalue weighted by molar-refractivity contribution is 5.54. The first kappa shape index (κ1) is 13.1. The van der Waals surface area contributed by atoms with Crippen molar-refractivity contribution in [3.05, 3.63) is 35.5 Å². The number of nitrogens with one attached hydrogen (secondary N) is 1. The molecule has 2 heterocycles. The Balaban J connectivity index is 1.98. The Morgan fingerprint density at radius 1 is 1.25 bits per heavy atom. The van der Waals surface area contributed by atoms with Crippen LogP contribution in [0.15, 0.2) is 16.7 Å². The molecular formula is C13H12F3N3O. The molecule has 0 spiro atoms. The van der Waals surface area contributed by atoms with Gasteiger partial charge in [-0.1, -0.05) is 5.16 Å². The van der Waals surface area contributed by atoms with E-state index in [0.717, 1.165) is 25.1 Å². The zero-order valence-electron chi connectivity index (χ0n) is 10.7. The molecule has 7 heteroatoms. The molecule has 1 N–H and O–H groups in total. The molecule has 3 rings (SSSR count). The second-order valence-electron chi connectivity index (χ2n) is 5.16. The lowest BCUT2D eigenvalue weighted by Gasteiger charge is -2.15. The SMILES string of the molecule is CC1(c2nc(-c3cc(F)c(F)c(F)c3)no2)CCNC1. The Kier molecular flexibility index (Phi) is 3.01. The van der Waals surface area contributed by atoms with E-state index in [2.05, 4.69) is 15.5 Å². The van der Waals surface area contributed by atoms with Crippen molar-refractivity contribution in [3.8, 4) is 11.4 Å². The van der Waals surface area contributed by atoms with Crippen LogP contribution in [0.4, 0.5) is 13.2 Å². The molecule has 20 heavy (non-hydrogen) atoms. The molecule has 1 saturated heterocycles. The first-order valence-electron chi connectivity index (χ1n) is 6.19. The predicted octanol–water partition coefficient (Wildman–Crippen LogP) is 2.40. The summed E-state index contributed by atoms with van der Waals surface area (Å²) in [5.74, 6) is -3.61. The molecule has 0 saturated carbocycles. The van der Waals surface area contributed by atoms with Crippen molar-refractivity contribution in [1.82, 2.24) is 15.5 Å². The molecule has 106 valence electrons. The van der Waals surface area contributed by atoms with E-state index in [0.29, 0.717) is 12.4 Å². The van der Waals surface area contributed by atoms with Gasteiger partial charge in [-0.25, -0.2) is 13.2 Å². The van der Waals surface area contributed by atoms with Gasteiger partial charge in [-0.05, 0) is 32.0 Å². The summed E-state index contributed by atoms with van der Waals surface area (Å²) in [6.07, 6.45) is 0.834. The molecule has 1 fully saturated rings. The van der Waals surface area contributed by atoms with Gasteiger partial charge in [0.15, 0.2) is 17.5 Å². The summed E-state index contributed by atoms with van der Waals surface area (Å²) in [5.41, 5.74) is -0.242. The van der Waals surface area contributed by atoms with Crippen LogP contribution in [0.5, 0.6) is 0 Å². The molecular weight excluding hydrogens is 271 g/mol. The van der Waals surface area contributed by atoms with Crippen LogP contribution in [0.25, 0.3) is 11.4 Å². The summed E-state index contributed by atoms with van der Waals surface area (Å²) >= 11 is 0. The first-order chi connectivity index (χ1) is 9.49. The number of rotatable bonds is 2. The molecule has 1 aromatic carbocycles. The van der Waals surface area contributed by atoms with E-state index in [9.17, 15) is 13.2 Å². The van der Waals surface area contributed by atoms with Crippen LogP contribution < -0.4 is 5.32 Å². The quantitative estimate of drug-likeness (QED) is 0.860. The van der Waals surface area contributed by atoms with Crippen molar-refractivity contribution in [2.75, 3.05) is 13.1 Å². The Hall–Kier alpha value is -1.89. The summed E-state index contributed by atoms with van der Waals surface area (Å²) in [7, 11) is 0. The average molecular weight is 283 g/mol. The Bertz CT molecular complexity index is 627. The third-order valence-corrected chi connectivity index (χ3v) is 3.55. The van der Waals surface area contributed by atoms with Gasteiger partial charge in [-0.3, -0.25) is 0 Å². The van der Waals surface area contributed by atoms with Gasteiger partial charge >= 0.3 is 0 Å². The van der Waals surface area contributed by atoms with E-state index in [1.54, 1.807) is 0 Å². The number of hydrogen-bond acceptors (Lipinski definition) is 4. The van der Waals surface area contributed by atoms with E-state index in [1.807, 2.05) is 6.92 Å². The number of hydrogen-bond donors (Lipinski definition) is 1. The van der Waals surface area contributed by atoms with Gasteiger partial charge in [0.2, 0.25) is 11.7 Å².